The molecule has 1 atom stereocenters. The van der Waals surface area contributed by atoms with Gasteiger partial charge in [-0.3, -0.25) is 21.1 Å². The van der Waals surface area contributed by atoms with Crippen LogP contribution < -0.4 is 41.4 Å². The van der Waals surface area contributed by atoms with Crippen molar-refractivity contribution in [2.24, 2.45) is 5.73 Å². The molecule has 1 amide bonds. The van der Waals surface area contributed by atoms with Gasteiger partial charge in [0.1, 0.15) is 17.6 Å². The van der Waals surface area contributed by atoms with Gasteiger partial charge >= 0.3 is 12.1 Å². The van der Waals surface area contributed by atoms with Crippen LogP contribution in [0, 0.1) is 5.41 Å². The highest BCUT2D eigenvalue weighted by atomic mass is 32.1. The fourth-order valence-electron chi connectivity index (χ4n) is 3.56. The van der Waals surface area contributed by atoms with E-state index in [2.05, 4.69) is 21.5 Å². The summed E-state index contributed by atoms with van der Waals surface area (Å²) < 4.78 is 48.6. The van der Waals surface area contributed by atoms with E-state index in [1.807, 2.05) is 20.8 Å². The molecular formula is C30H35F3N6O6S. The summed E-state index contributed by atoms with van der Waals surface area (Å²) in [6.07, 6.45) is -5.13. The third-order valence-corrected chi connectivity index (χ3v) is 5.83. The molecule has 0 aliphatic rings. The number of carboxylic acid groups (broad SMARTS) is 1. The number of carbonyl (C=O) groups excluding carboxylic acids is 1. The van der Waals surface area contributed by atoms with Gasteiger partial charge in [-0.2, -0.15) is 13.2 Å². The lowest BCUT2D eigenvalue weighted by Crippen LogP contribution is -2.47. The van der Waals surface area contributed by atoms with Crippen molar-refractivity contribution in [2.75, 3.05) is 24.4 Å². The number of carbonyl (C=O) groups is 2. The number of halogens is 3. The van der Waals surface area contributed by atoms with Crippen molar-refractivity contribution in [3.63, 3.8) is 0 Å². The number of nitrogens with two attached hydrogens (primary N) is 1. The van der Waals surface area contributed by atoms with Crippen molar-refractivity contribution >= 4 is 46.4 Å². The van der Waals surface area contributed by atoms with Gasteiger partial charge in [0.15, 0.2) is 16.6 Å². The van der Waals surface area contributed by atoms with E-state index >= 15 is 0 Å². The van der Waals surface area contributed by atoms with Gasteiger partial charge in [-0.05, 0) is 99.2 Å². The van der Waals surface area contributed by atoms with Crippen LogP contribution in [-0.4, -0.2) is 53.9 Å². The van der Waals surface area contributed by atoms with E-state index in [0.717, 1.165) is 5.69 Å². The highest BCUT2D eigenvalue weighted by Gasteiger charge is 2.38. The molecule has 0 fully saturated rings. The number of anilines is 2. The summed E-state index contributed by atoms with van der Waals surface area (Å²) in [4.78, 5) is 22.3. The SMILES string of the molecule is CCOc1cc(C(Nc2ccc(C(=N)N)cc2)C(=O)NNC(=S)Nc2ccc(OC)cc2)ccc1OC(C)C.O=C(O)C(F)(F)F. The zero-order valence-corrected chi connectivity index (χ0v) is 26.1. The Morgan fingerprint density at radius 1 is 0.978 bits per heavy atom. The van der Waals surface area contributed by atoms with Gasteiger partial charge in [0, 0.05) is 16.9 Å². The second-order valence-electron chi connectivity index (χ2n) is 9.47. The topological polar surface area (TPSA) is 180 Å². The number of hydrogen-bond donors (Lipinski definition) is 7. The van der Waals surface area contributed by atoms with Crippen molar-refractivity contribution in [1.82, 2.24) is 10.9 Å². The minimum absolute atomic E-state index is 0.0417. The largest absolute Gasteiger partial charge is 0.497 e. The predicted octanol–water partition coefficient (Wildman–Crippen LogP) is 4.97. The van der Waals surface area contributed by atoms with Crippen LogP contribution in [0.4, 0.5) is 24.5 Å². The molecule has 3 aromatic rings. The number of hydrogen-bond acceptors (Lipinski definition) is 8. The van der Waals surface area contributed by atoms with E-state index in [9.17, 15) is 18.0 Å². The Kier molecular flexibility index (Phi) is 13.9. The zero-order chi connectivity index (χ0) is 34.4. The first-order chi connectivity index (χ1) is 21.6. The molecule has 8 N–H and O–H groups in total. The van der Waals surface area contributed by atoms with Crippen molar-refractivity contribution in [1.29, 1.82) is 5.41 Å². The molecule has 16 heteroatoms. The lowest BCUT2D eigenvalue weighted by atomic mass is 10.0. The molecule has 3 rings (SSSR count). The molecule has 0 bridgehead atoms. The van der Waals surface area contributed by atoms with Crippen molar-refractivity contribution < 1.29 is 42.1 Å². The fourth-order valence-corrected chi connectivity index (χ4v) is 3.73. The van der Waals surface area contributed by atoms with E-state index in [4.69, 9.17) is 47.5 Å². The van der Waals surface area contributed by atoms with Gasteiger partial charge in [0.05, 0.1) is 19.8 Å². The van der Waals surface area contributed by atoms with Crippen LogP contribution in [0.2, 0.25) is 0 Å². The van der Waals surface area contributed by atoms with Crippen molar-refractivity contribution in [3.05, 3.63) is 77.9 Å². The number of carboxylic acids is 1. The molecule has 0 saturated heterocycles. The molecule has 46 heavy (non-hydrogen) atoms. The first-order valence-corrected chi connectivity index (χ1v) is 14.0. The average molecular weight is 665 g/mol. The number of alkyl halides is 3. The number of nitrogen functional groups attached to an aromatic ring is 1. The third kappa shape index (κ3) is 12.0. The maximum atomic E-state index is 13.4. The number of nitrogens with one attached hydrogen (secondary N) is 5. The van der Waals surface area contributed by atoms with Crippen molar-refractivity contribution in [3.8, 4) is 17.2 Å². The lowest BCUT2D eigenvalue weighted by molar-refractivity contribution is -0.192. The minimum atomic E-state index is -5.08. The molecule has 0 saturated carbocycles. The molecule has 0 spiro atoms. The van der Waals surface area contributed by atoms with E-state index < -0.39 is 24.1 Å². The Labute approximate surface area is 268 Å². The quantitative estimate of drug-likeness (QED) is 0.0637. The average Bonchev–Trinajstić information content (AvgIpc) is 3.00. The van der Waals surface area contributed by atoms with Crippen molar-refractivity contribution in [2.45, 2.75) is 39.1 Å². The van der Waals surface area contributed by atoms with E-state index in [0.29, 0.717) is 40.7 Å². The number of benzene rings is 3. The molecule has 0 radical (unpaired) electrons. The molecule has 1 unspecified atom stereocenters. The maximum Gasteiger partial charge on any atom is 0.490 e. The number of aliphatic carboxylic acids is 1. The smallest absolute Gasteiger partial charge is 0.490 e. The summed E-state index contributed by atoms with van der Waals surface area (Å²) in [6, 6.07) is 18.6. The van der Waals surface area contributed by atoms with Gasteiger partial charge in [-0.1, -0.05) is 6.07 Å². The Bertz CT molecular complexity index is 1490. The maximum absolute atomic E-state index is 13.4. The van der Waals surface area contributed by atoms with Gasteiger partial charge in [-0.15, -0.1) is 0 Å². The lowest BCUT2D eigenvalue weighted by Gasteiger charge is -2.23. The summed E-state index contributed by atoms with van der Waals surface area (Å²) >= 11 is 5.34. The van der Waals surface area contributed by atoms with Crippen LogP contribution >= 0.6 is 12.2 Å². The first-order valence-electron chi connectivity index (χ1n) is 13.6. The number of amidine groups is 1. The number of ether oxygens (including phenoxy) is 3. The second-order valence-corrected chi connectivity index (χ2v) is 9.88. The third-order valence-electron chi connectivity index (χ3n) is 5.62. The van der Waals surface area contributed by atoms with Crippen LogP contribution in [-0.2, 0) is 9.59 Å². The predicted molar refractivity (Wildman–Crippen MR) is 171 cm³/mol. The molecule has 0 aliphatic heterocycles. The van der Waals surface area contributed by atoms with Gasteiger partial charge < -0.3 is 35.7 Å². The summed E-state index contributed by atoms with van der Waals surface area (Å²) in [5.41, 5.74) is 13.6. The molecule has 0 aromatic heterocycles. The summed E-state index contributed by atoms with van der Waals surface area (Å²) in [5.74, 6) is -1.37. The van der Waals surface area contributed by atoms with Gasteiger partial charge in [0.2, 0.25) is 0 Å². The molecule has 0 heterocycles. The minimum Gasteiger partial charge on any atom is -0.497 e. The number of methoxy groups -OCH3 is 1. The summed E-state index contributed by atoms with van der Waals surface area (Å²) in [7, 11) is 1.59. The standard InChI is InChI=1S/C28H34N6O4S.C2HF3O2/c1-5-37-24-16-19(8-15-23(24)38-17(2)3)25(31-20-9-6-18(7-10-20)26(29)30)27(35)33-34-28(39)32-21-11-13-22(36-4)14-12-21;3-2(4,5)1(6)7/h6-17,25,31H,5H2,1-4H3,(H3,29,30)(H,33,35)(H2,32,34,39);(H,6,7). The van der Waals surface area contributed by atoms with Gasteiger partial charge in [-0.25, -0.2) is 4.79 Å². The molecule has 0 aliphatic carbocycles. The summed E-state index contributed by atoms with van der Waals surface area (Å²) in [6.45, 7) is 6.18. The highest BCUT2D eigenvalue weighted by molar-refractivity contribution is 7.80. The number of amides is 1. The van der Waals surface area contributed by atoms with E-state index in [-0.39, 0.29) is 17.1 Å². The van der Waals surface area contributed by atoms with E-state index in [1.54, 1.807) is 73.8 Å². The highest BCUT2D eigenvalue weighted by Crippen LogP contribution is 2.33. The van der Waals surface area contributed by atoms with Crippen LogP contribution in [0.1, 0.15) is 37.9 Å². The number of hydrazine groups is 1. The molecule has 248 valence electrons. The molecule has 12 nitrogen and oxygen atoms in total. The van der Waals surface area contributed by atoms with Crippen LogP contribution in [0.25, 0.3) is 0 Å². The first kappa shape index (κ1) is 36.9. The van der Waals surface area contributed by atoms with Crippen LogP contribution in [0.3, 0.4) is 0 Å². The summed E-state index contributed by atoms with van der Waals surface area (Å²) in [5, 5.41) is 21.2. The monoisotopic (exact) mass is 664 g/mol. The Hall–Kier alpha value is -5.25. The Morgan fingerprint density at radius 3 is 2.07 bits per heavy atom. The van der Waals surface area contributed by atoms with Crippen LogP contribution in [0.15, 0.2) is 66.7 Å². The second kappa shape index (κ2) is 17.3. The Morgan fingerprint density at radius 2 is 1.57 bits per heavy atom. The van der Waals surface area contributed by atoms with Crippen LogP contribution in [0.5, 0.6) is 17.2 Å². The molecular weight excluding hydrogens is 629 g/mol. The fraction of sp³-hybridized carbons (Fsp3) is 0.267. The molecule has 3 aromatic carbocycles. The normalized spacial score (nSPS) is 11.2. The number of rotatable bonds is 11. The van der Waals surface area contributed by atoms with Gasteiger partial charge in [0.25, 0.3) is 5.91 Å². The number of thiocarbonyl (C=S) groups is 1. The zero-order valence-electron chi connectivity index (χ0n) is 25.3. The van der Waals surface area contributed by atoms with E-state index in [1.165, 1.54) is 0 Å². The Balaban J connectivity index is 0.000000942.